The maximum absolute atomic E-state index is 14.7. The van der Waals surface area contributed by atoms with E-state index >= 15 is 0 Å². The van der Waals surface area contributed by atoms with Crippen molar-refractivity contribution in [2.75, 3.05) is 55.3 Å². The standard InChI is InChI=1S/C27H26F2N8O/c28-22-15-20(3-1-8-30)16-23(29)26(22)34-25-17-24(32-9-2-10-37-11-13-38-14-12-37)35-27(36-25)33-21-6-4-19(18-31)5-7-21/h1,3-7,15-17H,2,9-14H2,(H3,32,33,34,35,36)/b3-1+. The van der Waals surface area contributed by atoms with Crippen LogP contribution in [0.3, 0.4) is 0 Å². The number of benzene rings is 2. The second kappa shape index (κ2) is 13.1. The van der Waals surface area contributed by atoms with E-state index < -0.39 is 11.6 Å². The van der Waals surface area contributed by atoms with E-state index in [4.69, 9.17) is 15.3 Å². The molecule has 4 rings (SSSR count). The van der Waals surface area contributed by atoms with Crippen molar-refractivity contribution in [2.24, 2.45) is 0 Å². The van der Waals surface area contributed by atoms with E-state index in [1.54, 1.807) is 36.4 Å². The number of ether oxygens (including phenoxy) is 1. The summed E-state index contributed by atoms with van der Waals surface area (Å²) in [6.45, 7) is 4.83. The van der Waals surface area contributed by atoms with Crippen molar-refractivity contribution in [2.45, 2.75) is 6.42 Å². The Kier molecular flexibility index (Phi) is 9.13. The van der Waals surface area contributed by atoms with Gasteiger partial charge in [0, 0.05) is 37.5 Å². The molecule has 9 nitrogen and oxygen atoms in total. The van der Waals surface area contributed by atoms with Crippen LogP contribution in [0.5, 0.6) is 0 Å². The summed E-state index contributed by atoms with van der Waals surface area (Å²) in [4.78, 5) is 11.2. The Bertz CT molecular complexity index is 1340. The van der Waals surface area contributed by atoms with Crippen LogP contribution in [0.1, 0.15) is 17.5 Å². The van der Waals surface area contributed by atoms with Gasteiger partial charge in [-0.15, -0.1) is 0 Å². The second-order valence-electron chi connectivity index (χ2n) is 8.46. The molecule has 1 saturated heterocycles. The molecular weight excluding hydrogens is 490 g/mol. The molecule has 1 aliphatic rings. The number of aromatic nitrogens is 2. The third-order valence-electron chi connectivity index (χ3n) is 5.73. The summed E-state index contributed by atoms with van der Waals surface area (Å²) in [6, 6.07) is 14.4. The summed E-state index contributed by atoms with van der Waals surface area (Å²) in [5, 5.41) is 26.7. The third kappa shape index (κ3) is 7.46. The van der Waals surface area contributed by atoms with Gasteiger partial charge in [0.1, 0.15) is 29.0 Å². The average Bonchev–Trinajstić information content (AvgIpc) is 2.93. The number of rotatable bonds is 10. The molecule has 0 bridgehead atoms. The highest BCUT2D eigenvalue weighted by Crippen LogP contribution is 2.27. The van der Waals surface area contributed by atoms with E-state index in [9.17, 15) is 8.78 Å². The van der Waals surface area contributed by atoms with Crippen LogP contribution in [0, 0.1) is 34.3 Å². The molecule has 0 atom stereocenters. The Morgan fingerprint density at radius 3 is 2.37 bits per heavy atom. The number of nitriles is 2. The minimum absolute atomic E-state index is 0.171. The van der Waals surface area contributed by atoms with Gasteiger partial charge in [0.15, 0.2) is 0 Å². The van der Waals surface area contributed by atoms with Gasteiger partial charge in [-0.05, 0) is 61.0 Å². The molecule has 0 spiro atoms. The average molecular weight is 517 g/mol. The molecule has 0 saturated carbocycles. The van der Waals surface area contributed by atoms with Crippen LogP contribution in [0.4, 0.5) is 37.7 Å². The highest BCUT2D eigenvalue weighted by Gasteiger charge is 2.14. The summed E-state index contributed by atoms with van der Waals surface area (Å²) >= 11 is 0. The zero-order valence-corrected chi connectivity index (χ0v) is 20.5. The first kappa shape index (κ1) is 26.5. The molecule has 194 valence electrons. The van der Waals surface area contributed by atoms with Gasteiger partial charge in [-0.1, -0.05) is 0 Å². The van der Waals surface area contributed by atoms with Gasteiger partial charge < -0.3 is 20.7 Å². The summed E-state index contributed by atoms with van der Waals surface area (Å²) < 4.78 is 34.8. The number of nitrogens with one attached hydrogen (secondary N) is 3. The lowest BCUT2D eigenvalue weighted by Gasteiger charge is -2.26. The van der Waals surface area contributed by atoms with Gasteiger partial charge in [0.05, 0.1) is 30.9 Å². The summed E-state index contributed by atoms with van der Waals surface area (Å²) in [7, 11) is 0. The number of hydrogen-bond acceptors (Lipinski definition) is 9. The van der Waals surface area contributed by atoms with E-state index in [0.29, 0.717) is 23.6 Å². The van der Waals surface area contributed by atoms with E-state index in [1.807, 2.05) is 0 Å². The normalized spacial score (nSPS) is 13.6. The predicted molar refractivity (Wildman–Crippen MR) is 141 cm³/mol. The molecule has 2 heterocycles. The molecule has 0 aliphatic carbocycles. The first-order valence-electron chi connectivity index (χ1n) is 12.1. The van der Waals surface area contributed by atoms with Crippen molar-refractivity contribution < 1.29 is 13.5 Å². The smallest absolute Gasteiger partial charge is 0.231 e. The predicted octanol–water partition coefficient (Wildman–Crippen LogP) is 4.78. The van der Waals surface area contributed by atoms with Crippen molar-refractivity contribution in [3.05, 3.63) is 71.3 Å². The fourth-order valence-electron chi connectivity index (χ4n) is 3.83. The summed E-state index contributed by atoms with van der Waals surface area (Å²) in [5.41, 5.74) is 1.000. The Balaban J connectivity index is 1.53. The molecule has 1 aromatic heterocycles. The Morgan fingerprint density at radius 1 is 0.974 bits per heavy atom. The van der Waals surface area contributed by atoms with E-state index in [-0.39, 0.29) is 23.0 Å². The van der Waals surface area contributed by atoms with Crippen molar-refractivity contribution >= 4 is 35.0 Å². The van der Waals surface area contributed by atoms with Gasteiger partial charge in [-0.25, -0.2) is 8.78 Å². The van der Waals surface area contributed by atoms with Crippen molar-refractivity contribution in [1.29, 1.82) is 10.5 Å². The zero-order chi connectivity index (χ0) is 26.7. The lowest BCUT2D eigenvalue weighted by molar-refractivity contribution is 0.0378. The number of halogens is 2. The lowest BCUT2D eigenvalue weighted by Crippen LogP contribution is -2.37. The van der Waals surface area contributed by atoms with Crippen molar-refractivity contribution in [3.8, 4) is 12.1 Å². The van der Waals surface area contributed by atoms with Crippen LogP contribution in [-0.4, -0.2) is 54.3 Å². The minimum Gasteiger partial charge on any atom is -0.379 e. The van der Waals surface area contributed by atoms with Crippen LogP contribution in [0.2, 0.25) is 0 Å². The number of anilines is 5. The second-order valence-corrected chi connectivity index (χ2v) is 8.46. The van der Waals surface area contributed by atoms with Crippen molar-refractivity contribution in [1.82, 2.24) is 14.9 Å². The van der Waals surface area contributed by atoms with Crippen LogP contribution in [0.25, 0.3) is 6.08 Å². The maximum Gasteiger partial charge on any atom is 0.231 e. The van der Waals surface area contributed by atoms with Gasteiger partial charge in [-0.3, -0.25) is 4.90 Å². The Morgan fingerprint density at radius 2 is 1.68 bits per heavy atom. The molecule has 2 aromatic carbocycles. The molecule has 0 unspecified atom stereocenters. The summed E-state index contributed by atoms with van der Waals surface area (Å²) in [5.74, 6) is -0.824. The van der Waals surface area contributed by atoms with Crippen LogP contribution in [-0.2, 0) is 4.74 Å². The fraction of sp³-hybridized carbons (Fsp3) is 0.259. The molecular formula is C27H26F2N8O. The van der Waals surface area contributed by atoms with Gasteiger partial charge in [0.25, 0.3) is 0 Å². The number of allylic oxidation sites excluding steroid dienone is 1. The quantitative estimate of drug-likeness (QED) is 0.258. The molecule has 0 amide bonds. The molecule has 1 aliphatic heterocycles. The monoisotopic (exact) mass is 516 g/mol. The first-order valence-corrected chi connectivity index (χ1v) is 12.1. The fourth-order valence-corrected chi connectivity index (χ4v) is 3.83. The molecule has 0 radical (unpaired) electrons. The maximum atomic E-state index is 14.7. The Labute approximate surface area is 219 Å². The highest BCUT2D eigenvalue weighted by atomic mass is 19.1. The van der Waals surface area contributed by atoms with E-state index in [1.165, 1.54) is 6.08 Å². The lowest BCUT2D eigenvalue weighted by atomic mass is 10.1. The molecule has 3 aromatic rings. The highest BCUT2D eigenvalue weighted by molar-refractivity contribution is 5.66. The van der Waals surface area contributed by atoms with Gasteiger partial charge >= 0.3 is 0 Å². The molecule has 3 N–H and O–H groups in total. The number of morpholine rings is 1. The number of hydrogen-bond donors (Lipinski definition) is 3. The third-order valence-corrected chi connectivity index (χ3v) is 5.73. The van der Waals surface area contributed by atoms with E-state index in [2.05, 4.69) is 36.9 Å². The van der Waals surface area contributed by atoms with Gasteiger partial charge in [-0.2, -0.15) is 20.5 Å². The van der Waals surface area contributed by atoms with Crippen LogP contribution in [0.15, 0.2) is 48.5 Å². The topological polar surface area (TPSA) is 122 Å². The summed E-state index contributed by atoms with van der Waals surface area (Å²) in [6.07, 6.45) is 3.33. The number of nitrogens with zero attached hydrogens (tertiary/aromatic N) is 5. The minimum atomic E-state index is -0.831. The largest absolute Gasteiger partial charge is 0.379 e. The van der Waals surface area contributed by atoms with Crippen molar-refractivity contribution in [3.63, 3.8) is 0 Å². The SMILES string of the molecule is N#C/C=C/c1cc(F)c(Nc2cc(NCCCN3CCOCC3)nc(Nc3ccc(C#N)cc3)n2)c(F)c1. The molecule has 11 heteroatoms. The molecule has 38 heavy (non-hydrogen) atoms. The van der Waals surface area contributed by atoms with Crippen LogP contribution < -0.4 is 16.0 Å². The first-order chi connectivity index (χ1) is 18.5. The molecule has 1 fully saturated rings. The van der Waals surface area contributed by atoms with Crippen LogP contribution >= 0.6 is 0 Å². The Hall–Kier alpha value is -4.58. The van der Waals surface area contributed by atoms with Gasteiger partial charge in [0.2, 0.25) is 5.95 Å². The van der Waals surface area contributed by atoms with E-state index in [0.717, 1.165) is 57.5 Å². The zero-order valence-electron chi connectivity index (χ0n) is 20.5.